The lowest BCUT2D eigenvalue weighted by Gasteiger charge is -2.16. The molecule has 0 fully saturated rings. The van der Waals surface area contributed by atoms with Crippen molar-refractivity contribution in [2.45, 2.75) is 20.8 Å². The number of halogens is 1. The molecule has 1 aliphatic rings. The molecule has 0 saturated heterocycles. The Balaban J connectivity index is 2.27. The maximum atomic E-state index is 11.6. The number of rotatable bonds is 4. The number of nitrogens with two attached hydrogens (primary N) is 1. The molecule has 2 rings (SSSR count). The first-order valence-corrected chi connectivity index (χ1v) is 7.39. The molecule has 0 aromatic heterocycles. The quantitative estimate of drug-likeness (QED) is 0.679. The van der Waals surface area contributed by atoms with Crippen molar-refractivity contribution < 1.29 is 14.1 Å². The van der Waals surface area contributed by atoms with Crippen molar-refractivity contribution in [3.63, 3.8) is 0 Å². The van der Waals surface area contributed by atoms with Crippen LogP contribution in [0.25, 0.3) is 0 Å². The van der Waals surface area contributed by atoms with Crippen LogP contribution in [0.1, 0.15) is 18.1 Å². The Hall–Kier alpha value is -1.75. The van der Waals surface area contributed by atoms with Crippen LogP contribution in [0.5, 0.6) is 0 Å². The Morgan fingerprint density at radius 1 is 1.48 bits per heavy atom. The molecule has 21 heavy (non-hydrogen) atoms. The summed E-state index contributed by atoms with van der Waals surface area (Å²) in [5, 5.41) is 0.674. The molecule has 6 heteroatoms. The summed E-state index contributed by atoms with van der Waals surface area (Å²) >= 11 is 6.36. The SMILES string of the molecule is CCOC(=O)C[N+]1=C(N)N(c2c(C)cc(C)cc2Cl)CC1. The van der Waals surface area contributed by atoms with Crippen molar-refractivity contribution >= 4 is 29.2 Å². The molecule has 0 aliphatic carbocycles. The molecule has 0 bridgehead atoms. The monoisotopic (exact) mass is 310 g/mol. The first-order chi connectivity index (χ1) is 9.93. The third-order valence-corrected chi connectivity index (χ3v) is 3.78. The number of hydrogen-bond acceptors (Lipinski definition) is 4. The highest BCUT2D eigenvalue weighted by molar-refractivity contribution is 6.34. The van der Waals surface area contributed by atoms with Crippen LogP contribution >= 0.6 is 11.6 Å². The van der Waals surface area contributed by atoms with Crippen LogP contribution in [0.3, 0.4) is 0 Å². The lowest BCUT2D eigenvalue weighted by Crippen LogP contribution is -2.38. The van der Waals surface area contributed by atoms with E-state index in [1.54, 1.807) is 6.92 Å². The van der Waals surface area contributed by atoms with Crippen LogP contribution in [0, 0.1) is 13.8 Å². The van der Waals surface area contributed by atoms with Crippen LogP contribution < -0.4 is 10.6 Å². The van der Waals surface area contributed by atoms with Crippen molar-refractivity contribution in [1.29, 1.82) is 0 Å². The maximum absolute atomic E-state index is 11.6. The van der Waals surface area contributed by atoms with E-state index in [2.05, 4.69) is 6.07 Å². The molecule has 0 unspecified atom stereocenters. The van der Waals surface area contributed by atoms with E-state index in [1.807, 2.05) is 29.4 Å². The number of guanidine groups is 1. The van der Waals surface area contributed by atoms with Gasteiger partial charge in [0.25, 0.3) is 0 Å². The Labute approximate surface area is 129 Å². The summed E-state index contributed by atoms with van der Waals surface area (Å²) < 4.78 is 6.78. The number of esters is 1. The molecule has 114 valence electrons. The highest BCUT2D eigenvalue weighted by Crippen LogP contribution is 2.31. The van der Waals surface area contributed by atoms with Crippen molar-refractivity contribution in [3.05, 3.63) is 28.3 Å². The van der Waals surface area contributed by atoms with E-state index in [1.165, 1.54) is 0 Å². The average Bonchev–Trinajstić information content (AvgIpc) is 2.71. The fourth-order valence-corrected chi connectivity index (χ4v) is 3.04. The van der Waals surface area contributed by atoms with Gasteiger partial charge in [-0.25, -0.2) is 9.69 Å². The van der Waals surface area contributed by atoms with E-state index in [4.69, 9.17) is 22.1 Å². The Kier molecular flexibility index (Phi) is 4.73. The third-order valence-electron chi connectivity index (χ3n) is 3.49. The molecule has 1 aliphatic heterocycles. The summed E-state index contributed by atoms with van der Waals surface area (Å²) in [4.78, 5) is 13.5. The number of aryl methyl sites for hydroxylation is 2. The van der Waals surface area contributed by atoms with Gasteiger partial charge in [0.15, 0.2) is 6.54 Å². The fourth-order valence-electron chi connectivity index (χ4n) is 2.62. The van der Waals surface area contributed by atoms with Gasteiger partial charge in [0.05, 0.1) is 18.2 Å². The molecule has 0 radical (unpaired) electrons. The van der Waals surface area contributed by atoms with E-state index in [-0.39, 0.29) is 12.5 Å². The first-order valence-electron chi connectivity index (χ1n) is 7.01. The van der Waals surface area contributed by atoms with Crippen molar-refractivity contribution in [2.24, 2.45) is 5.73 Å². The zero-order valence-electron chi connectivity index (χ0n) is 12.6. The van der Waals surface area contributed by atoms with Crippen molar-refractivity contribution in [2.75, 3.05) is 31.1 Å². The molecule has 0 spiro atoms. The highest BCUT2D eigenvalue weighted by Gasteiger charge is 2.32. The van der Waals surface area contributed by atoms with Crippen molar-refractivity contribution in [1.82, 2.24) is 0 Å². The van der Waals surface area contributed by atoms with E-state index in [0.29, 0.717) is 30.7 Å². The molecule has 1 heterocycles. The Morgan fingerprint density at radius 2 is 2.19 bits per heavy atom. The largest absolute Gasteiger partial charge is 0.464 e. The molecule has 1 aromatic rings. The lowest BCUT2D eigenvalue weighted by atomic mass is 10.1. The number of ether oxygens (including phenoxy) is 1. The molecule has 2 N–H and O–H groups in total. The summed E-state index contributed by atoms with van der Waals surface area (Å²) in [5.41, 5.74) is 9.27. The Bertz CT molecular complexity index is 576. The number of nitrogens with zero attached hydrogens (tertiary/aromatic N) is 2. The van der Waals surface area contributed by atoms with E-state index < -0.39 is 0 Å². The molecule has 0 atom stereocenters. The summed E-state index contributed by atoms with van der Waals surface area (Å²) in [5.74, 6) is 0.269. The minimum absolute atomic E-state index is 0.165. The lowest BCUT2D eigenvalue weighted by molar-refractivity contribution is -0.509. The molecular formula is C15H21ClN3O2+. The number of carbonyl (C=O) groups excluding carboxylic acids is 1. The van der Waals surface area contributed by atoms with Gasteiger partial charge in [0.2, 0.25) is 0 Å². The van der Waals surface area contributed by atoms with Gasteiger partial charge in [-0.3, -0.25) is 10.3 Å². The number of anilines is 1. The summed E-state index contributed by atoms with van der Waals surface area (Å²) in [6.45, 7) is 7.72. The van der Waals surface area contributed by atoms with Crippen LogP contribution in [-0.4, -0.2) is 42.7 Å². The van der Waals surface area contributed by atoms with Crippen LogP contribution in [0.4, 0.5) is 5.69 Å². The van der Waals surface area contributed by atoms with Crippen molar-refractivity contribution in [3.8, 4) is 0 Å². The number of carbonyl (C=O) groups is 1. The minimum Gasteiger partial charge on any atom is -0.464 e. The predicted octanol–water partition coefficient (Wildman–Crippen LogP) is 1.67. The second kappa shape index (κ2) is 6.35. The van der Waals surface area contributed by atoms with Gasteiger partial charge in [-0.2, -0.15) is 0 Å². The van der Waals surface area contributed by atoms with Crippen LogP contribution in [-0.2, 0) is 9.53 Å². The summed E-state index contributed by atoms with van der Waals surface area (Å²) in [7, 11) is 0. The highest BCUT2D eigenvalue weighted by atomic mass is 35.5. The fraction of sp³-hybridized carbons (Fsp3) is 0.467. The zero-order valence-corrected chi connectivity index (χ0v) is 13.4. The number of hydrogen-bond donors (Lipinski definition) is 1. The second-order valence-electron chi connectivity index (χ2n) is 5.15. The second-order valence-corrected chi connectivity index (χ2v) is 5.56. The zero-order chi connectivity index (χ0) is 15.6. The predicted molar refractivity (Wildman–Crippen MR) is 84.1 cm³/mol. The van der Waals surface area contributed by atoms with Gasteiger partial charge in [-0.15, -0.1) is 0 Å². The van der Waals surface area contributed by atoms with Gasteiger partial charge < -0.3 is 4.74 Å². The van der Waals surface area contributed by atoms with E-state index in [0.717, 1.165) is 16.8 Å². The van der Waals surface area contributed by atoms with Gasteiger partial charge in [-0.1, -0.05) is 17.7 Å². The summed E-state index contributed by atoms with van der Waals surface area (Å²) in [6, 6.07) is 3.99. The van der Waals surface area contributed by atoms with Crippen LogP contribution in [0.2, 0.25) is 5.02 Å². The normalized spacial score (nSPS) is 14.8. The molecule has 0 saturated carbocycles. The maximum Gasteiger partial charge on any atom is 0.351 e. The van der Waals surface area contributed by atoms with Gasteiger partial charge >= 0.3 is 11.9 Å². The van der Waals surface area contributed by atoms with Crippen LogP contribution in [0.15, 0.2) is 12.1 Å². The average molecular weight is 311 g/mol. The summed E-state index contributed by atoms with van der Waals surface area (Å²) in [6.07, 6.45) is 0. The minimum atomic E-state index is -0.269. The standard InChI is InChI=1S/C15H20ClN3O2/c1-4-21-13(20)9-18-5-6-19(15(18)17)14-11(3)7-10(2)8-12(14)16/h7-8,17H,4-6,9H2,1-3H3/p+1. The van der Waals surface area contributed by atoms with E-state index in [9.17, 15) is 4.79 Å². The van der Waals surface area contributed by atoms with Gasteiger partial charge in [-0.05, 0) is 38.0 Å². The van der Waals surface area contributed by atoms with Gasteiger partial charge in [0.1, 0.15) is 12.2 Å². The smallest absolute Gasteiger partial charge is 0.351 e. The van der Waals surface area contributed by atoms with E-state index >= 15 is 0 Å². The third kappa shape index (κ3) is 3.29. The molecule has 1 aromatic carbocycles. The van der Waals surface area contributed by atoms with Gasteiger partial charge in [0, 0.05) is 0 Å². The number of benzene rings is 1. The molecule has 0 amide bonds. The Morgan fingerprint density at radius 3 is 2.81 bits per heavy atom. The molecular weight excluding hydrogens is 290 g/mol. The molecule has 5 nitrogen and oxygen atoms in total. The first kappa shape index (κ1) is 15.6. The topological polar surface area (TPSA) is 58.6 Å².